The summed E-state index contributed by atoms with van der Waals surface area (Å²) in [5.74, 6) is 1.83. The molecule has 0 unspecified atom stereocenters. The summed E-state index contributed by atoms with van der Waals surface area (Å²) in [5, 5.41) is 8.04. The van der Waals surface area contributed by atoms with Crippen LogP contribution in [0.2, 0.25) is 0 Å². The van der Waals surface area contributed by atoms with Gasteiger partial charge in [0.2, 0.25) is 5.95 Å². The first-order valence-corrected chi connectivity index (χ1v) is 16.4. The van der Waals surface area contributed by atoms with Crippen molar-refractivity contribution in [1.29, 1.82) is 0 Å². The zero-order valence-electron chi connectivity index (χ0n) is 26.0. The summed E-state index contributed by atoms with van der Waals surface area (Å²) in [6.07, 6.45) is 6.64. The first-order valence-electron chi connectivity index (χ1n) is 16.4. The maximum atomic E-state index is 6.26. The van der Waals surface area contributed by atoms with Crippen molar-refractivity contribution in [2.45, 2.75) is 12.8 Å². The molecule has 48 heavy (non-hydrogen) atoms. The SMILES string of the molecule is C1=c2c(n(-c3nc(-c4ccccc4)nc(-c4cccc5oc6ccccc6c45)n3)c3cc(-c4ccc5ccccc5c4)ccc23)=CCC1. The maximum absolute atomic E-state index is 6.26. The van der Waals surface area contributed by atoms with Gasteiger partial charge in [-0.1, -0.05) is 121 Å². The van der Waals surface area contributed by atoms with Crippen molar-refractivity contribution in [1.82, 2.24) is 19.5 Å². The fourth-order valence-corrected chi connectivity index (χ4v) is 7.22. The molecule has 10 rings (SSSR count). The van der Waals surface area contributed by atoms with E-state index in [1.807, 2.05) is 48.5 Å². The van der Waals surface area contributed by atoms with E-state index in [2.05, 4.69) is 102 Å². The predicted octanol–water partition coefficient (Wildman–Crippen LogP) is 9.22. The van der Waals surface area contributed by atoms with Crippen molar-refractivity contribution < 1.29 is 4.42 Å². The molecule has 1 aliphatic carbocycles. The van der Waals surface area contributed by atoms with Crippen molar-refractivity contribution >= 4 is 55.8 Å². The number of para-hydroxylation sites is 1. The Kier molecular flexibility index (Phi) is 5.93. The van der Waals surface area contributed by atoms with Gasteiger partial charge in [-0.15, -0.1) is 0 Å². The van der Waals surface area contributed by atoms with E-state index < -0.39 is 0 Å². The van der Waals surface area contributed by atoms with Crippen LogP contribution < -0.4 is 10.6 Å². The van der Waals surface area contributed by atoms with E-state index >= 15 is 0 Å². The van der Waals surface area contributed by atoms with Crippen LogP contribution in [0.4, 0.5) is 0 Å². The van der Waals surface area contributed by atoms with E-state index in [9.17, 15) is 0 Å². The molecule has 0 fully saturated rings. The number of rotatable bonds is 4. The molecule has 5 heteroatoms. The van der Waals surface area contributed by atoms with Crippen LogP contribution in [-0.4, -0.2) is 19.5 Å². The Labute approximate surface area is 275 Å². The van der Waals surface area contributed by atoms with E-state index in [1.54, 1.807) is 0 Å². The van der Waals surface area contributed by atoms with Crippen LogP contribution in [0.1, 0.15) is 12.8 Å². The predicted molar refractivity (Wildman–Crippen MR) is 195 cm³/mol. The van der Waals surface area contributed by atoms with E-state index in [0.29, 0.717) is 17.6 Å². The molecule has 226 valence electrons. The molecule has 0 bridgehead atoms. The van der Waals surface area contributed by atoms with Crippen LogP contribution in [0, 0.1) is 0 Å². The highest BCUT2D eigenvalue weighted by Gasteiger charge is 2.20. The summed E-state index contributed by atoms with van der Waals surface area (Å²) < 4.78 is 8.49. The molecular formula is C43H28N4O. The third-order valence-electron chi connectivity index (χ3n) is 9.48. The van der Waals surface area contributed by atoms with Gasteiger partial charge in [-0.2, -0.15) is 9.97 Å². The number of nitrogens with zero attached hydrogens (tertiary/aromatic N) is 4. The number of hydrogen-bond donors (Lipinski definition) is 0. The third-order valence-corrected chi connectivity index (χ3v) is 9.48. The Morgan fingerprint density at radius 3 is 2.21 bits per heavy atom. The molecule has 1 aliphatic rings. The Bertz CT molecular complexity index is 2850. The lowest BCUT2D eigenvalue weighted by Crippen LogP contribution is -2.31. The van der Waals surface area contributed by atoms with Crippen LogP contribution in [0.15, 0.2) is 138 Å². The Balaban J connectivity index is 1.26. The number of fused-ring (bicyclic) bond motifs is 7. The smallest absolute Gasteiger partial charge is 0.238 e. The summed E-state index contributed by atoms with van der Waals surface area (Å²) in [6.45, 7) is 0. The number of aromatic nitrogens is 4. The minimum Gasteiger partial charge on any atom is -0.456 e. The minimum absolute atomic E-state index is 0.595. The zero-order chi connectivity index (χ0) is 31.6. The summed E-state index contributed by atoms with van der Waals surface area (Å²) in [6, 6.07) is 46.4. The number of furan rings is 1. The minimum atomic E-state index is 0.595. The van der Waals surface area contributed by atoms with Gasteiger partial charge in [-0.25, -0.2) is 4.98 Å². The van der Waals surface area contributed by atoms with Crippen LogP contribution in [0.25, 0.3) is 95.6 Å². The van der Waals surface area contributed by atoms with Gasteiger partial charge in [0.25, 0.3) is 0 Å². The molecule has 0 spiro atoms. The molecule has 0 radical (unpaired) electrons. The highest BCUT2D eigenvalue weighted by Crippen LogP contribution is 2.36. The summed E-state index contributed by atoms with van der Waals surface area (Å²) >= 11 is 0. The first-order chi connectivity index (χ1) is 23.8. The monoisotopic (exact) mass is 616 g/mol. The average molecular weight is 617 g/mol. The zero-order valence-corrected chi connectivity index (χ0v) is 26.0. The summed E-state index contributed by atoms with van der Waals surface area (Å²) in [7, 11) is 0. The van der Waals surface area contributed by atoms with Gasteiger partial charge in [0, 0.05) is 32.5 Å². The fourth-order valence-electron chi connectivity index (χ4n) is 7.22. The highest BCUT2D eigenvalue weighted by molar-refractivity contribution is 6.11. The molecule has 3 heterocycles. The first kappa shape index (κ1) is 26.8. The molecule has 0 aliphatic heterocycles. The van der Waals surface area contributed by atoms with Gasteiger partial charge < -0.3 is 4.42 Å². The number of benzene rings is 6. The highest BCUT2D eigenvalue weighted by atomic mass is 16.3. The second-order valence-corrected chi connectivity index (χ2v) is 12.3. The Hall–Kier alpha value is -6.33. The van der Waals surface area contributed by atoms with Gasteiger partial charge in [-0.3, -0.25) is 4.57 Å². The number of hydrogen-bond acceptors (Lipinski definition) is 4. The average Bonchev–Trinajstić information content (AvgIpc) is 3.70. The second kappa shape index (κ2) is 10.6. The molecular weight excluding hydrogens is 589 g/mol. The lowest BCUT2D eigenvalue weighted by Gasteiger charge is -2.12. The molecule has 0 saturated carbocycles. The van der Waals surface area contributed by atoms with Gasteiger partial charge in [0.1, 0.15) is 11.2 Å². The van der Waals surface area contributed by atoms with E-state index in [-0.39, 0.29) is 0 Å². The summed E-state index contributed by atoms with van der Waals surface area (Å²) in [5.41, 5.74) is 6.90. The second-order valence-electron chi connectivity index (χ2n) is 12.3. The largest absolute Gasteiger partial charge is 0.456 e. The molecule has 0 atom stereocenters. The molecule has 9 aromatic rings. The Morgan fingerprint density at radius 2 is 1.27 bits per heavy atom. The molecule has 5 nitrogen and oxygen atoms in total. The normalized spacial score (nSPS) is 12.8. The quantitative estimate of drug-likeness (QED) is 0.198. The van der Waals surface area contributed by atoms with Crippen LogP contribution in [0.5, 0.6) is 0 Å². The molecule has 0 saturated heterocycles. The van der Waals surface area contributed by atoms with Crippen LogP contribution in [0.3, 0.4) is 0 Å². The van der Waals surface area contributed by atoms with Crippen molar-refractivity contribution in [3.8, 4) is 39.9 Å². The summed E-state index contributed by atoms with van der Waals surface area (Å²) in [4.78, 5) is 15.6. The molecule has 3 aromatic heterocycles. The van der Waals surface area contributed by atoms with Crippen molar-refractivity contribution in [2.75, 3.05) is 0 Å². The van der Waals surface area contributed by atoms with E-state index in [1.165, 1.54) is 26.9 Å². The third kappa shape index (κ3) is 4.21. The lowest BCUT2D eigenvalue weighted by molar-refractivity contribution is 0.669. The van der Waals surface area contributed by atoms with Crippen LogP contribution in [-0.2, 0) is 0 Å². The Morgan fingerprint density at radius 1 is 0.521 bits per heavy atom. The lowest BCUT2D eigenvalue weighted by atomic mass is 10.00. The van der Waals surface area contributed by atoms with Gasteiger partial charge in [-0.05, 0) is 59.0 Å². The van der Waals surface area contributed by atoms with E-state index in [4.69, 9.17) is 19.4 Å². The van der Waals surface area contributed by atoms with E-state index in [0.717, 1.165) is 62.3 Å². The van der Waals surface area contributed by atoms with Gasteiger partial charge >= 0.3 is 0 Å². The van der Waals surface area contributed by atoms with Crippen LogP contribution >= 0.6 is 0 Å². The van der Waals surface area contributed by atoms with Crippen molar-refractivity contribution in [2.24, 2.45) is 0 Å². The van der Waals surface area contributed by atoms with Crippen molar-refractivity contribution in [3.05, 3.63) is 144 Å². The molecule has 0 amide bonds. The fraction of sp³-hybridized carbons (Fsp3) is 0.0465. The molecule has 6 aromatic carbocycles. The van der Waals surface area contributed by atoms with Gasteiger partial charge in [0.15, 0.2) is 11.6 Å². The standard InChI is InChI=1S/C43H28N4O/c1-2-12-28(13-3-1)41-44-42(35-17-10-20-39-40(35)34-16-7-9-19-38(34)48-39)46-43(45-41)47-36-18-8-6-15-32(36)33-24-23-31(26-37(33)47)30-22-21-27-11-4-5-14-29(27)25-30/h1-5,7,9-26H,6,8H2. The van der Waals surface area contributed by atoms with Gasteiger partial charge in [0.05, 0.1) is 10.9 Å². The van der Waals surface area contributed by atoms with Crippen molar-refractivity contribution in [3.63, 3.8) is 0 Å². The molecule has 0 N–H and O–H groups in total. The topological polar surface area (TPSA) is 56.7 Å². The maximum Gasteiger partial charge on any atom is 0.238 e.